The van der Waals surface area contributed by atoms with E-state index in [1.807, 2.05) is 0 Å². The van der Waals surface area contributed by atoms with E-state index in [0.717, 1.165) is 56.1 Å². The number of amides is 12. The van der Waals surface area contributed by atoms with E-state index in [1.54, 1.807) is 38.1 Å². The van der Waals surface area contributed by atoms with Crippen LogP contribution in [-0.4, -0.2) is 264 Å². The molecule has 1 spiro atoms. The average molecular weight is 1500 g/mol. The summed E-state index contributed by atoms with van der Waals surface area (Å²) in [6, 6.07) is -5.79. The number of carbonyl (C=O) groups excluding carboxylic acids is 12. The van der Waals surface area contributed by atoms with Gasteiger partial charge in [0.05, 0.1) is 39.0 Å². The van der Waals surface area contributed by atoms with Crippen LogP contribution in [0, 0.1) is 30.4 Å². The first kappa shape index (κ1) is 83.7. The van der Waals surface area contributed by atoms with E-state index in [0.29, 0.717) is 72.4 Å². The Balaban J connectivity index is 1.33. The van der Waals surface area contributed by atoms with Crippen molar-refractivity contribution < 1.29 is 101 Å². The summed E-state index contributed by atoms with van der Waals surface area (Å²) in [6.45, 7) is 1.10. The molecule has 0 radical (unpaired) electrons. The molecule has 105 heavy (non-hydrogen) atoms. The number of nitrogens with zero attached hydrogens (tertiary/aromatic N) is 9. The van der Waals surface area contributed by atoms with Crippen LogP contribution in [0.1, 0.15) is 139 Å². The van der Waals surface area contributed by atoms with Crippen LogP contribution in [0.3, 0.4) is 0 Å². The summed E-state index contributed by atoms with van der Waals surface area (Å²) in [4.78, 5) is 185. The van der Waals surface area contributed by atoms with Gasteiger partial charge < -0.3 is 60.0 Å². The number of likely N-dealkylation sites (N-methyl/N-ethyl adjacent to an activating group) is 7. The van der Waals surface area contributed by atoms with Crippen molar-refractivity contribution >= 4 is 70.9 Å². The number of hydrogen-bond acceptors (Lipinski definition) is 12. The molecule has 0 bridgehead atoms. The number of rotatable bonds is 10. The zero-order chi connectivity index (χ0) is 78.1. The van der Waals surface area contributed by atoms with Gasteiger partial charge in [0.1, 0.15) is 65.0 Å². The van der Waals surface area contributed by atoms with Crippen molar-refractivity contribution in [2.45, 2.75) is 202 Å². The maximum atomic E-state index is 16.1. The number of carbonyl (C=O) groups is 12. The van der Waals surface area contributed by atoms with Crippen LogP contribution in [0.4, 0.5) is 43.9 Å². The third-order valence-electron chi connectivity index (χ3n) is 21.2. The largest absolute Gasteiger partial charge is 0.422 e. The Morgan fingerprint density at radius 1 is 0.629 bits per heavy atom. The number of halogens is 10. The van der Waals surface area contributed by atoms with Gasteiger partial charge in [0.2, 0.25) is 70.9 Å². The van der Waals surface area contributed by atoms with E-state index < -0.39 is 230 Å². The van der Waals surface area contributed by atoms with Crippen LogP contribution in [0.2, 0.25) is 0 Å². The van der Waals surface area contributed by atoms with E-state index in [-0.39, 0.29) is 51.6 Å². The maximum Gasteiger partial charge on any atom is 0.422 e. The van der Waals surface area contributed by atoms with E-state index in [9.17, 15) is 64.7 Å². The summed E-state index contributed by atoms with van der Waals surface area (Å²) in [7, 11) is 7.96. The second-order valence-corrected chi connectivity index (χ2v) is 28.9. The molecular weight excluding hydrogens is 1400 g/mol. The molecule has 7 rings (SSSR count). The Bertz CT molecular complexity index is 3530. The minimum Gasteiger partial charge on any atom is -0.343 e. The second kappa shape index (κ2) is 34.7. The lowest BCUT2D eigenvalue weighted by molar-refractivity contribution is -0.163. The lowest BCUT2D eigenvalue weighted by atomic mass is 9.81. The highest BCUT2D eigenvalue weighted by Crippen LogP contribution is 2.40. The quantitative estimate of drug-likeness (QED) is 0.253. The zero-order valence-electron chi connectivity index (χ0n) is 60.8. The monoisotopic (exact) mass is 1500 g/mol. The van der Waals surface area contributed by atoms with Crippen LogP contribution in [0.5, 0.6) is 0 Å². The van der Waals surface area contributed by atoms with Gasteiger partial charge in [0.25, 0.3) is 5.92 Å². The molecule has 582 valence electrons. The van der Waals surface area contributed by atoms with Crippen LogP contribution >= 0.6 is 0 Å². The SMILES string of the molecule is CC[C@H](C)[C@@H]1NC(=O)[C@H](CC(F)(F)F)N(C)C(=O)C[C@@H](C(=O)N2CCCC2)N(C)C(=O)[C@H](C2CCCCC2)N(C)C(=O)C2(CCCC2)NC(=O)C2CC(F)(F)CN2C(=O)[C@H](CCc2cc(F)c(C(F)(F)F)c(F)c2)NC(=O)CN(C)C(=O)[C@H](Cc2ccc(C)cc2)N(C)C(=O)CN(C)C(=O)CN(C)C1=O. The second-order valence-electron chi connectivity index (χ2n) is 28.9. The molecule has 34 heteroatoms. The summed E-state index contributed by atoms with van der Waals surface area (Å²) >= 11 is 0. The fraction of sp³-hybridized carbons (Fsp3) is 0.662. The van der Waals surface area contributed by atoms with Gasteiger partial charge in [-0.2, -0.15) is 26.3 Å². The number of alkyl halides is 8. The van der Waals surface area contributed by atoms with Crippen molar-refractivity contribution in [2.75, 3.05) is 88.6 Å². The topological polar surface area (TPSA) is 270 Å². The summed E-state index contributed by atoms with van der Waals surface area (Å²) in [5.74, 6) is -22.5. The van der Waals surface area contributed by atoms with Gasteiger partial charge >= 0.3 is 12.4 Å². The van der Waals surface area contributed by atoms with Gasteiger partial charge in [-0.15, -0.1) is 0 Å². The van der Waals surface area contributed by atoms with Gasteiger partial charge in [-0.3, -0.25) is 57.5 Å². The van der Waals surface area contributed by atoms with E-state index in [1.165, 1.54) is 40.0 Å². The Morgan fingerprint density at radius 3 is 1.77 bits per heavy atom. The first-order valence-electron chi connectivity index (χ1n) is 35.4. The fourth-order valence-corrected chi connectivity index (χ4v) is 14.7. The zero-order valence-corrected chi connectivity index (χ0v) is 60.8. The number of fused-ring (bicyclic) bond motifs is 1. The number of hydrogen-bond donors (Lipinski definition) is 3. The molecule has 3 aliphatic heterocycles. The summed E-state index contributed by atoms with van der Waals surface area (Å²) < 4.78 is 148. The van der Waals surface area contributed by atoms with Crippen molar-refractivity contribution in [1.29, 1.82) is 0 Å². The van der Waals surface area contributed by atoms with Crippen LogP contribution in [-0.2, 0) is 76.6 Å². The maximum absolute atomic E-state index is 16.1. The Kier molecular flexibility index (Phi) is 27.7. The molecule has 1 unspecified atom stereocenters. The molecule has 3 N–H and O–H groups in total. The molecule has 5 fully saturated rings. The smallest absolute Gasteiger partial charge is 0.343 e. The lowest BCUT2D eigenvalue weighted by Crippen LogP contribution is -2.65. The Morgan fingerprint density at radius 2 is 1.20 bits per heavy atom. The molecule has 2 aromatic rings. The Hall–Kier alpha value is -8.62. The summed E-state index contributed by atoms with van der Waals surface area (Å²) in [5, 5.41) is 7.36. The van der Waals surface area contributed by atoms with Gasteiger partial charge in [0, 0.05) is 75.3 Å². The molecule has 2 aliphatic carbocycles. The predicted octanol–water partition coefficient (Wildman–Crippen LogP) is 5.39. The molecule has 12 amide bonds. The van der Waals surface area contributed by atoms with Crippen molar-refractivity contribution in [1.82, 2.24) is 60.0 Å². The molecule has 8 atom stereocenters. The first-order valence-corrected chi connectivity index (χ1v) is 35.4. The molecule has 5 aliphatic rings. The number of nitrogens with one attached hydrogen (secondary N) is 3. The molecule has 2 aromatic carbocycles. The minimum atomic E-state index is -5.50. The summed E-state index contributed by atoms with van der Waals surface area (Å²) in [5.41, 5.74) is -3.48. The van der Waals surface area contributed by atoms with Crippen LogP contribution in [0.25, 0.3) is 0 Å². The number of aryl methyl sites for hydroxylation is 2. The molecule has 3 heterocycles. The molecule has 3 saturated heterocycles. The highest BCUT2D eigenvalue weighted by molar-refractivity contribution is 6.01. The molecule has 24 nitrogen and oxygen atoms in total. The molecule has 2 saturated carbocycles. The highest BCUT2D eigenvalue weighted by atomic mass is 19.4. The van der Waals surface area contributed by atoms with Gasteiger partial charge in [-0.25, -0.2) is 17.6 Å². The van der Waals surface area contributed by atoms with E-state index >= 15 is 36.7 Å². The van der Waals surface area contributed by atoms with Crippen LogP contribution in [0.15, 0.2) is 36.4 Å². The van der Waals surface area contributed by atoms with Gasteiger partial charge in [-0.05, 0) is 93.4 Å². The third-order valence-corrected chi connectivity index (χ3v) is 21.2. The lowest BCUT2D eigenvalue weighted by Gasteiger charge is -2.43. The number of likely N-dealkylation sites (tertiary alicyclic amines) is 1. The van der Waals surface area contributed by atoms with Gasteiger partial charge in [-0.1, -0.05) is 82.2 Å². The summed E-state index contributed by atoms with van der Waals surface area (Å²) in [6.07, 6.45) is -13.1. The van der Waals surface area contributed by atoms with Crippen molar-refractivity contribution in [3.63, 3.8) is 0 Å². The highest BCUT2D eigenvalue weighted by Gasteiger charge is 2.56. The van der Waals surface area contributed by atoms with Crippen LogP contribution < -0.4 is 16.0 Å². The Labute approximate surface area is 603 Å². The predicted molar refractivity (Wildman–Crippen MR) is 359 cm³/mol. The fourth-order valence-electron chi connectivity index (χ4n) is 14.7. The van der Waals surface area contributed by atoms with E-state index in [2.05, 4.69) is 16.0 Å². The number of benzene rings is 2. The standard InChI is InChI=1S/C71H96F10N12O12/c1-11-42(3)58-65(103)87(6)38-55(96)85(4)39-56(97)88(7)49(33-43-23-21-41(2)22-24-43)63(101)86(5)37-53(94)82-48(26-25-44-31-46(72)57(47(73)32-44)71(79,80)81)62(100)93-40-69(74,75)35-52(93)61(99)84-68(27-15-16-28-68)67(105)91(10)59(45-19-13-12-14-20-45)66(104)90(9)50(64(102)92-29-17-18-30-92)34-54(95)89(8)51(60(98)83-58)36-70(76,77)78/h21-24,31-32,42,45,48-52,58-59H,11-20,25-30,33-40H2,1-10H3,(H,82,94)(H,83,98)(H,84,99)/t42-,48-,49-,50-,51-,52?,58-,59-/m0/s1. The van der Waals surface area contributed by atoms with Gasteiger partial charge in [0.15, 0.2) is 0 Å². The normalized spacial score (nSPS) is 25.7. The minimum absolute atomic E-state index is 0.126. The third kappa shape index (κ3) is 20.7. The van der Waals surface area contributed by atoms with Crippen molar-refractivity contribution in [3.05, 3.63) is 70.3 Å². The first-order chi connectivity index (χ1) is 49.0. The van der Waals surface area contributed by atoms with Crippen molar-refractivity contribution in [3.8, 4) is 0 Å². The molecular formula is C71H96F10N12O12. The average Bonchev–Trinajstić information content (AvgIpc) is 1.68. The van der Waals surface area contributed by atoms with Crippen molar-refractivity contribution in [2.24, 2.45) is 11.8 Å². The van der Waals surface area contributed by atoms with E-state index in [4.69, 9.17) is 0 Å². The molecule has 0 aromatic heterocycles.